The smallest absolute Gasteiger partial charge is 0.330 e. The van der Waals surface area contributed by atoms with Gasteiger partial charge >= 0.3 is 5.97 Å². The van der Waals surface area contributed by atoms with E-state index in [2.05, 4.69) is 6.92 Å². The van der Waals surface area contributed by atoms with Crippen LogP contribution in [0.1, 0.15) is 102 Å². The van der Waals surface area contributed by atoms with Crippen LogP contribution in [0.25, 0.3) is 6.08 Å². The highest BCUT2D eigenvalue weighted by molar-refractivity contribution is 5.87. The number of hydrogen-bond acceptors (Lipinski definition) is 4. The van der Waals surface area contributed by atoms with E-state index in [4.69, 9.17) is 9.47 Å². The highest BCUT2D eigenvalue weighted by Crippen LogP contribution is 2.26. The molecule has 0 bridgehead atoms. The number of rotatable bonds is 18. The lowest BCUT2D eigenvalue weighted by atomic mass is 10.0. The van der Waals surface area contributed by atoms with Gasteiger partial charge in [0.25, 0.3) is 0 Å². The van der Waals surface area contributed by atoms with Crippen LogP contribution in [0.4, 0.5) is 0 Å². The van der Waals surface area contributed by atoms with Crippen molar-refractivity contribution < 1.29 is 19.4 Å². The van der Waals surface area contributed by atoms with Gasteiger partial charge in [-0.3, -0.25) is 0 Å². The van der Waals surface area contributed by atoms with Crippen molar-refractivity contribution >= 4 is 12.0 Å². The average molecular weight is 419 g/mol. The number of aromatic hydroxyl groups is 1. The molecule has 0 spiro atoms. The standard InChI is InChI=1S/C26H42O4/c1-3-4-5-6-7-8-9-10-11-12-13-14-15-16-21-30-26(28)20-18-23-17-19-24(27)25(22-23)29-2/h17-20,22,27H,3-16,21H2,1-2H3/b20-18+. The van der Waals surface area contributed by atoms with Gasteiger partial charge in [0, 0.05) is 6.08 Å². The zero-order chi connectivity index (χ0) is 21.9. The number of esters is 1. The largest absolute Gasteiger partial charge is 0.504 e. The molecule has 0 atom stereocenters. The second kappa shape index (κ2) is 17.9. The van der Waals surface area contributed by atoms with Gasteiger partial charge in [0.15, 0.2) is 11.5 Å². The van der Waals surface area contributed by atoms with Crippen molar-refractivity contribution in [3.05, 3.63) is 29.8 Å². The third-order valence-corrected chi connectivity index (χ3v) is 5.36. The van der Waals surface area contributed by atoms with Gasteiger partial charge in [0.05, 0.1) is 13.7 Å². The van der Waals surface area contributed by atoms with E-state index in [0.717, 1.165) is 18.4 Å². The van der Waals surface area contributed by atoms with Gasteiger partial charge in [0.2, 0.25) is 0 Å². The maximum Gasteiger partial charge on any atom is 0.330 e. The molecule has 0 heterocycles. The zero-order valence-electron chi connectivity index (χ0n) is 19.2. The van der Waals surface area contributed by atoms with E-state index in [1.165, 1.54) is 90.2 Å². The highest BCUT2D eigenvalue weighted by Gasteiger charge is 2.02. The van der Waals surface area contributed by atoms with Crippen molar-refractivity contribution in [2.24, 2.45) is 0 Å². The third-order valence-electron chi connectivity index (χ3n) is 5.36. The highest BCUT2D eigenvalue weighted by atomic mass is 16.5. The minimum Gasteiger partial charge on any atom is -0.504 e. The molecule has 1 rings (SSSR count). The van der Waals surface area contributed by atoms with Gasteiger partial charge in [-0.25, -0.2) is 4.79 Å². The summed E-state index contributed by atoms with van der Waals surface area (Å²) in [5.41, 5.74) is 0.776. The molecule has 4 heteroatoms. The predicted octanol–water partition coefficient (Wildman–Crippen LogP) is 7.44. The summed E-state index contributed by atoms with van der Waals surface area (Å²) in [7, 11) is 1.49. The van der Waals surface area contributed by atoms with E-state index in [9.17, 15) is 9.90 Å². The molecule has 0 unspecified atom stereocenters. The Morgan fingerprint density at radius 1 is 0.867 bits per heavy atom. The minimum atomic E-state index is -0.336. The number of benzene rings is 1. The van der Waals surface area contributed by atoms with Crippen molar-refractivity contribution in [1.29, 1.82) is 0 Å². The van der Waals surface area contributed by atoms with Gasteiger partial charge in [-0.15, -0.1) is 0 Å². The first-order valence-electron chi connectivity index (χ1n) is 11.9. The molecular formula is C26H42O4. The fourth-order valence-electron chi connectivity index (χ4n) is 3.48. The Balaban J connectivity index is 1.93. The van der Waals surface area contributed by atoms with Crippen LogP contribution in [0, 0.1) is 0 Å². The number of hydrogen-bond donors (Lipinski definition) is 1. The van der Waals surface area contributed by atoms with Crippen LogP contribution < -0.4 is 4.74 Å². The maximum absolute atomic E-state index is 11.8. The average Bonchev–Trinajstić information content (AvgIpc) is 2.75. The summed E-state index contributed by atoms with van der Waals surface area (Å²) < 4.78 is 10.3. The van der Waals surface area contributed by atoms with E-state index < -0.39 is 0 Å². The number of ether oxygens (including phenoxy) is 2. The summed E-state index contributed by atoms with van der Waals surface area (Å²) in [4.78, 5) is 11.8. The SMILES string of the molecule is CCCCCCCCCCCCCCCCOC(=O)/C=C/c1ccc(O)c(OC)c1. The summed E-state index contributed by atoms with van der Waals surface area (Å²) in [6.45, 7) is 2.74. The van der Waals surface area contributed by atoms with Gasteiger partial charge in [-0.05, 0) is 30.2 Å². The fraction of sp³-hybridized carbons (Fsp3) is 0.654. The lowest BCUT2D eigenvalue weighted by Crippen LogP contribution is -2.02. The number of unbranched alkanes of at least 4 members (excludes halogenated alkanes) is 13. The number of carbonyl (C=O) groups excluding carboxylic acids is 1. The van der Waals surface area contributed by atoms with E-state index in [1.807, 2.05) is 0 Å². The first kappa shape index (κ1) is 26.1. The normalized spacial score (nSPS) is 11.1. The van der Waals surface area contributed by atoms with Crippen LogP contribution in [0.2, 0.25) is 0 Å². The number of phenols is 1. The molecule has 0 saturated heterocycles. The molecule has 0 aliphatic rings. The van der Waals surface area contributed by atoms with Crippen LogP contribution in [0.3, 0.4) is 0 Å². The molecule has 170 valence electrons. The van der Waals surface area contributed by atoms with Crippen LogP contribution in [0.15, 0.2) is 24.3 Å². The quantitative estimate of drug-likeness (QED) is 0.153. The molecule has 1 N–H and O–H groups in total. The molecule has 30 heavy (non-hydrogen) atoms. The topological polar surface area (TPSA) is 55.8 Å². The Hall–Kier alpha value is -1.97. The molecule has 0 amide bonds. The Morgan fingerprint density at radius 2 is 1.40 bits per heavy atom. The Labute approximate surface area is 183 Å². The zero-order valence-corrected chi connectivity index (χ0v) is 19.2. The second-order valence-corrected chi connectivity index (χ2v) is 8.03. The summed E-state index contributed by atoms with van der Waals surface area (Å²) in [5, 5.41) is 9.57. The molecule has 0 aliphatic carbocycles. The summed E-state index contributed by atoms with van der Waals surface area (Å²) in [6, 6.07) is 4.93. The van der Waals surface area contributed by atoms with Gasteiger partial charge in [0.1, 0.15) is 0 Å². The second-order valence-electron chi connectivity index (χ2n) is 8.03. The van der Waals surface area contributed by atoms with Crippen LogP contribution in [-0.4, -0.2) is 24.8 Å². The van der Waals surface area contributed by atoms with Gasteiger partial charge in [-0.2, -0.15) is 0 Å². The summed E-state index contributed by atoms with van der Waals surface area (Å²) >= 11 is 0. The monoisotopic (exact) mass is 418 g/mol. The first-order valence-corrected chi connectivity index (χ1v) is 11.9. The van der Waals surface area contributed by atoms with Crippen molar-refractivity contribution in [1.82, 2.24) is 0 Å². The molecule has 0 fully saturated rings. The van der Waals surface area contributed by atoms with Gasteiger partial charge in [-0.1, -0.05) is 96.5 Å². The number of carbonyl (C=O) groups is 1. The fourth-order valence-corrected chi connectivity index (χ4v) is 3.48. The molecule has 0 aromatic heterocycles. The summed E-state index contributed by atoms with van der Waals surface area (Å²) in [6.07, 6.45) is 21.4. The van der Waals surface area contributed by atoms with Crippen LogP contribution in [0.5, 0.6) is 11.5 Å². The Kier molecular flexibility index (Phi) is 15.5. The molecule has 0 radical (unpaired) electrons. The van der Waals surface area contributed by atoms with Crippen molar-refractivity contribution in [3.8, 4) is 11.5 Å². The van der Waals surface area contributed by atoms with Crippen molar-refractivity contribution in [3.63, 3.8) is 0 Å². The number of phenolic OH excluding ortho intramolecular Hbond substituents is 1. The predicted molar refractivity (Wildman–Crippen MR) is 125 cm³/mol. The van der Waals surface area contributed by atoms with Crippen molar-refractivity contribution in [2.75, 3.05) is 13.7 Å². The summed E-state index contributed by atoms with van der Waals surface area (Å²) in [5.74, 6) is 0.125. The Bertz CT molecular complexity index is 595. The lowest BCUT2D eigenvalue weighted by Gasteiger charge is -2.04. The van der Waals surface area contributed by atoms with E-state index in [0.29, 0.717) is 12.4 Å². The molecular weight excluding hydrogens is 376 g/mol. The molecule has 0 saturated carbocycles. The third kappa shape index (κ3) is 13.3. The van der Waals surface area contributed by atoms with Crippen molar-refractivity contribution in [2.45, 2.75) is 96.8 Å². The van der Waals surface area contributed by atoms with Gasteiger partial charge < -0.3 is 14.6 Å². The van der Waals surface area contributed by atoms with E-state index >= 15 is 0 Å². The van der Waals surface area contributed by atoms with E-state index in [-0.39, 0.29) is 11.7 Å². The molecule has 1 aromatic carbocycles. The molecule has 4 nitrogen and oxygen atoms in total. The lowest BCUT2D eigenvalue weighted by molar-refractivity contribution is -0.137. The first-order chi connectivity index (χ1) is 14.7. The Morgan fingerprint density at radius 3 is 1.93 bits per heavy atom. The van der Waals surface area contributed by atoms with E-state index in [1.54, 1.807) is 24.3 Å². The van der Waals surface area contributed by atoms with Crippen LogP contribution in [-0.2, 0) is 9.53 Å². The number of methoxy groups -OCH3 is 1. The molecule has 1 aromatic rings. The van der Waals surface area contributed by atoms with Crippen LogP contribution >= 0.6 is 0 Å². The maximum atomic E-state index is 11.8. The minimum absolute atomic E-state index is 0.0787. The molecule has 0 aliphatic heterocycles.